The first-order valence-corrected chi connectivity index (χ1v) is 8.80. The molecule has 0 heterocycles. The van der Waals surface area contributed by atoms with Crippen LogP contribution in [0.2, 0.25) is 10.0 Å². The Labute approximate surface area is 163 Å². The molecule has 2 aromatic rings. The minimum Gasteiger partial charge on any atom is -0.495 e. The Bertz CT molecular complexity index is 795. The summed E-state index contributed by atoms with van der Waals surface area (Å²) in [5, 5.41) is 3.84. The third-order valence-electron chi connectivity index (χ3n) is 3.80. The second-order valence-corrected chi connectivity index (χ2v) is 6.42. The summed E-state index contributed by atoms with van der Waals surface area (Å²) in [4.78, 5) is 12.7. The van der Waals surface area contributed by atoms with Gasteiger partial charge in [0, 0.05) is 17.2 Å². The van der Waals surface area contributed by atoms with Crippen LogP contribution in [0.25, 0.3) is 0 Å². The van der Waals surface area contributed by atoms with Crippen molar-refractivity contribution in [2.75, 3.05) is 19.5 Å². The van der Waals surface area contributed by atoms with Crippen molar-refractivity contribution in [2.24, 2.45) is 0 Å². The summed E-state index contributed by atoms with van der Waals surface area (Å²) in [6.07, 6.45) is -0.192. The minimum atomic E-state index is -0.679. The molecule has 0 bridgehead atoms. The number of carbonyl (C=O) groups is 1. The van der Waals surface area contributed by atoms with Crippen LogP contribution < -0.4 is 19.5 Å². The van der Waals surface area contributed by atoms with Gasteiger partial charge in [-0.25, -0.2) is 0 Å². The minimum absolute atomic E-state index is 0.303. The van der Waals surface area contributed by atoms with E-state index in [0.717, 1.165) is 5.56 Å². The summed E-state index contributed by atoms with van der Waals surface area (Å²) >= 11 is 12.1. The van der Waals surface area contributed by atoms with Gasteiger partial charge in [-0.1, -0.05) is 30.1 Å². The Morgan fingerprint density at radius 3 is 2.35 bits per heavy atom. The predicted octanol–water partition coefficient (Wildman–Crippen LogP) is 5.12. The van der Waals surface area contributed by atoms with E-state index >= 15 is 0 Å². The van der Waals surface area contributed by atoms with Gasteiger partial charge in [-0.2, -0.15) is 0 Å². The number of amides is 1. The highest BCUT2D eigenvalue weighted by Gasteiger charge is 2.21. The number of nitrogens with one attached hydrogen (secondary N) is 1. The fraction of sp³-hybridized carbons (Fsp3) is 0.316. The molecule has 26 heavy (non-hydrogen) atoms. The lowest BCUT2D eigenvalue weighted by molar-refractivity contribution is -0.122. The molecule has 0 aliphatic heterocycles. The molecule has 0 aromatic heterocycles. The number of ether oxygens (including phenoxy) is 3. The summed E-state index contributed by atoms with van der Waals surface area (Å²) in [6, 6.07) is 8.46. The van der Waals surface area contributed by atoms with Crippen LogP contribution in [0.15, 0.2) is 30.3 Å². The number of benzene rings is 2. The maximum Gasteiger partial charge on any atom is 0.265 e. The van der Waals surface area contributed by atoms with Crippen LogP contribution in [0.3, 0.4) is 0 Å². The lowest BCUT2D eigenvalue weighted by Crippen LogP contribution is -2.32. The Hall–Kier alpha value is -2.11. The lowest BCUT2D eigenvalue weighted by atomic mass is 10.2. The van der Waals surface area contributed by atoms with Gasteiger partial charge in [0.25, 0.3) is 5.91 Å². The van der Waals surface area contributed by atoms with Crippen molar-refractivity contribution >= 4 is 34.8 Å². The molecule has 7 heteroatoms. The number of carbonyl (C=O) groups excluding carboxylic acids is 1. The molecule has 0 fully saturated rings. The third kappa shape index (κ3) is 4.74. The normalized spacial score (nSPS) is 11.6. The maximum atomic E-state index is 12.7. The van der Waals surface area contributed by atoms with Crippen molar-refractivity contribution in [3.8, 4) is 17.2 Å². The number of hydrogen-bond donors (Lipinski definition) is 1. The molecule has 0 radical (unpaired) electrons. The van der Waals surface area contributed by atoms with E-state index < -0.39 is 6.10 Å². The van der Waals surface area contributed by atoms with Gasteiger partial charge in [0.05, 0.1) is 24.9 Å². The highest BCUT2D eigenvalue weighted by molar-refractivity contribution is 6.32. The number of hydrogen-bond acceptors (Lipinski definition) is 4. The SMILES string of the molecule is CC[C@@H](Oc1ccc(Cl)c(C)c1)C(=O)Nc1cc(OC)c(Cl)cc1OC. The highest BCUT2D eigenvalue weighted by atomic mass is 35.5. The van der Waals surface area contributed by atoms with Crippen LogP contribution in [-0.2, 0) is 4.79 Å². The molecule has 0 aliphatic carbocycles. The lowest BCUT2D eigenvalue weighted by Gasteiger charge is -2.19. The number of halogens is 2. The van der Waals surface area contributed by atoms with Crippen molar-refractivity contribution in [3.05, 3.63) is 45.9 Å². The average molecular weight is 398 g/mol. The van der Waals surface area contributed by atoms with Gasteiger partial charge in [-0.3, -0.25) is 4.79 Å². The van der Waals surface area contributed by atoms with Gasteiger partial charge in [-0.05, 0) is 37.1 Å². The van der Waals surface area contributed by atoms with Crippen LogP contribution in [0.1, 0.15) is 18.9 Å². The molecule has 1 atom stereocenters. The molecule has 0 unspecified atom stereocenters. The second-order valence-electron chi connectivity index (χ2n) is 5.60. The zero-order valence-electron chi connectivity index (χ0n) is 15.1. The van der Waals surface area contributed by atoms with E-state index in [1.54, 1.807) is 30.3 Å². The van der Waals surface area contributed by atoms with E-state index in [9.17, 15) is 4.79 Å². The average Bonchev–Trinajstić information content (AvgIpc) is 2.63. The molecule has 0 spiro atoms. The molecule has 0 saturated carbocycles. The summed E-state index contributed by atoms with van der Waals surface area (Å²) in [7, 11) is 3.00. The zero-order chi connectivity index (χ0) is 19.3. The van der Waals surface area contributed by atoms with E-state index in [2.05, 4.69) is 5.32 Å². The smallest absolute Gasteiger partial charge is 0.265 e. The summed E-state index contributed by atoms with van der Waals surface area (Å²) in [6.45, 7) is 3.74. The van der Waals surface area contributed by atoms with E-state index in [1.165, 1.54) is 14.2 Å². The molecular formula is C19H21Cl2NO4. The molecular weight excluding hydrogens is 377 g/mol. The molecule has 1 amide bonds. The van der Waals surface area contributed by atoms with Crippen LogP contribution in [0.5, 0.6) is 17.2 Å². The molecule has 2 aromatic carbocycles. The van der Waals surface area contributed by atoms with Crippen molar-refractivity contribution in [2.45, 2.75) is 26.4 Å². The Morgan fingerprint density at radius 2 is 1.77 bits per heavy atom. The first-order valence-electron chi connectivity index (χ1n) is 8.04. The van der Waals surface area contributed by atoms with Crippen molar-refractivity contribution < 1.29 is 19.0 Å². The molecule has 2 rings (SSSR count). The predicted molar refractivity (Wildman–Crippen MR) is 104 cm³/mol. The Kier molecular flexibility index (Phi) is 7.00. The second kappa shape index (κ2) is 9.01. The van der Waals surface area contributed by atoms with Gasteiger partial charge in [0.1, 0.15) is 17.2 Å². The maximum absolute atomic E-state index is 12.7. The molecule has 0 saturated heterocycles. The first kappa shape index (κ1) is 20.2. The van der Waals surface area contributed by atoms with Gasteiger partial charge >= 0.3 is 0 Å². The largest absolute Gasteiger partial charge is 0.495 e. The summed E-state index contributed by atoms with van der Waals surface area (Å²) < 4.78 is 16.3. The fourth-order valence-corrected chi connectivity index (χ4v) is 2.70. The van der Waals surface area contributed by atoms with Gasteiger partial charge < -0.3 is 19.5 Å². The number of methoxy groups -OCH3 is 2. The van der Waals surface area contributed by atoms with Crippen molar-refractivity contribution in [1.29, 1.82) is 0 Å². The van der Waals surface area contributed by atoms with Crippen LogP contribution in [-0.4, -0.2) is 26.2 Å². The number of rotatable bonds is 7. The molecule has 5 nitrogen and oxygen atoms in total. The van der Waals surface area contributed by atoms with E-state index in [-0.39, 0.29) is 5.91 Å². The number of aryl methyl sites for hydroxylation is 1. The van der Waals surface area contributed by atoms with Crippen molar-refractivity contribution in [1.82, 2.24) is 0 Å². The van der Waals surface area contributed by atoms with Gasteiger partial charge in [0.15, 0.2) is 6.10 Å². The summed E-state index contributed by atoms with van der Waals surface area (Å²) in [5.41, 5.74) is 1.33. The highest BCUT2D eigenvalue weighted by Crippen LogP contribution is 2.36. The van der Waals surface area contributed by atoms with E-state index in [4.69, 9.17) is 37.4 Å². The monoisotopic (exact) mass is 397 g/mol. The van der Waals surface area contributed by atoms with E-state index in [1.807, 2.05) is 13.8 Å². The zero-order valence-corrected chi connectivity index (χ0v) is 16.6. The topological polar surface area (TPSA) is 56.8 Å². The third-order valence-corrected chi connectivity index (χ3v) is 4.52. The van der Waals surface area contributed by atoms with Gasteiger partial charge in [-0.15, -0.1) is 0 Å². The molecule has 1 N–H and O–H groups in total. The van der Waals surface area contributed by atoms with Gasteiger partial charge in [0.2, 0.25) is 0 Å². The fourth-order valence-electron chi connectivity index (χ4n) is 2.35. The summed E-state index contributed by atoms with van der Waals surface area (Å²) in [5.74, 6) is 1.14. The molecule has 0 aliphatic rings. The van der Waals surface area contributed by atoms with Crippen LogP contribution in [0, 0.1) is 6.92 Å². The van der Waals surface area contributed by atoms with Crippen LogP contribution in [0.4, 0.5) is 5.69 Å². The molecule has 140 valence electrons. The standard InChI is InChI=1S/C19H21Cl2NO4/c1-5-16(26-12-6-7-13(20)11(2)8-12)19(23)22-15-10-17(24-3)14(21)9-18(15)25-4/h6-10,16H,5H2,1-4H3,(H,22,23)/t16-/m1/s1. The van der Waals surface area contributed by atoms with E-state index in [0.29, 0.717) is 39.4 Å². The Balaban J connectivity index is 2.19. The quantitative estimate of drug-likeness (QED) is 0.704. The number of anilines is 1. The Morgan fingerprint density at radius 1 is 1.08 bits per heavy atom. The first-order chi connectivity index (χ1) is 12.4. The van der Waals surface area contributed by atoms with Crippen molar-refractivity contribution in [3.63, 3.8) is 0 Å². The van der Waals surface area contributed by atoms with Crippen LogP contribution >= 0.6 is 23.2 Å².